The first-order valence-electron chi connectivity index (χ1n) is 18.5. The van der Waals surface area contributed by atoms with Crippen LogP contribution >= 0.6 is 0 Å². The van der Waals surface area contributed by atoms with Crippen LogP contribution in [0.1, 0.15) is 158 Å². The van der Waals surface area contributed by atoms with Gasteiger partial charge in [-0.3, -0.25) is 0 Å². The van der Waals surface area contributed by atoms with Gasteiger partial charge < -0.3 is 20.5 Å². The number of fused-ring (bicyclic) bond motifs is 3. The maximum absolute atomic E-state index is 13.5. The largest absolute Gasteiger partial charge is 0.449 e. The van der Waals surface area contributed by atoms with E-state index in [2.05, 4.69) is 60.7 Å². The van der Waals surface area contributed by atoms with Gasteiger partial charge in [0.05, 0.1) is 6.61 Å². The number of rotatable bonds is 11. The second-order valence-corrected chi connectivity index (χ2v) is 17.7. The molecular weight excluding hydrogens is 548 g/mol. The van der Waals surface area contributed by atoms with Crippen LogP contribution < -0.4 is 11.1 Å². The van der Waals surface area contributed by atoms with E-state index in [1.54, 1.807) is 0 Å². The molecule has 44 heavy (non-hydrogen) atoms. The van der Waals surface area contributed by atoms with Crippen molar-refractivity contribution in [1.29, 1.82) is 0 Å². The molecule has 254 valence electrons. The topological polar surface area (TPSA) is 90.6 Å². The molecule has 9 atom stereocenters. The summed E-state index contributed by atoms with van der Waals surface area (Å²) in [5, 5.41) is 3.32. The zero-order valence-corrected chi connectivity index (χ0v) is 29.8. The average molecular weight is 617 g/mol. The van der Waals surface area contributed by atoms with E-state index in [1.807, 2.05) is 0 Å². The first-order chi connectivity index (χ1) is 20.6. The summed E-state index contributed by atoms with van der Waals surface area (Å²) in [6.45, 7) is 19.2. The van der Waals surface area contributed by atoms with Gasteiger partial charge in [0.25, 0.3) is 0 Å². The summed E-state index contributed by atoms with van der Waals surface area (Å²) < 4.78 is 11.9. The highest BCUT2D eigenvalue weighted by Crippen LogP contribution is 2.64. The minimum Gasteiger partial charge on any atom is -0.449 e. The number of alkyl carbamates (subject to hydrolysis) is 1. The fourth-order valence-electron chi connectivity index (χ4n) is 10.8. The van der Waals surface area contributed by atoms with E-state index in [0.717, 1.165) is 68.6 Å². The van der Waals surface area contributed by atoms with E-state index < -0.39 is 6.09 Å². The predicted octanol–water partition coefficient (Wildman–Crippen LogP) is 10.0. The minimum atomic E-state index is -0.699. The fourth-order valence-corrected chi connectivity index (χ4v) is 10.8. The number of amides is 2. The number of nitrogens with one attached hydrogen (secondary N) is 1. The lowest BCUT2D eigenvalue weighted by Gasteiger charge is -2.61. The summed E-state index contributed by atoms with van der Waals surface area (Å²) in [6, 6.07) is -0.0561. The van der Waals surface area contributed by atoms with Crippen molar-refractivity contribution in [3.63, 3.8) is 0 Å². The number of hydrogen-bond donors (Lipinski definition) is 2. The Bertz CT molecular complexity index is 982. The van der Waals surface area contributed by atoms with Crippen molar-refractivity contribution in [2.75, 3.05) is 6.61 Å². The first-order valence-corrected chi connectivity index (χ1v) is 18.5. The van der Waals surface area contributed by atoms with Crippen LogP contribution in [0, 0.1) is 51.2 Å². The number of nitrogens with two attached hydrogens (primary N) is 1. The van der Waals surface area contributed by atoms with Crippen molar-refractivity contribution >= 4 is 12.2 Å². The van der Waals surface area contributed by atoms with Gasteiger partial charge in [0.2, 0.25) is 0 Å². The molecule has 0 spiro atoms. The lowest BCUT2D eigenvalue weighted by molar-refractivity contribution is -0.136. The summed E-state index contributed by atoms with van der Waals surface area (Å²) in [7, 11) is 0. The molecule has 0 aromatic carbocycles. The standard InChI is InChI=1S/C38H68N2O4/c1-9-10-11-12-14-32(44-33(39)41)36(6)22-21-35(4,5)31(24-36)40-34(42)43-25-37(7)19-13-20-38(8)29-17-15-27(26(2)3)23-28(29)16-18-30(37)38/h26-32H,9-25H2,1-8H3,(H2,39,41)(H,40,42). The highest BCUT2D eigenvalue weighted by atomic mass is 16.6. The zero-order valence-electron chi connectivity index (χ0n) is 29.8. The quantitative estimate of drug-likeness (QED) is 0.226. The lowest BCUT2D eigenvalue weighted by Crippen LogP contribution is -2.56. The molecule has 4 aliphatic carbocycles. The highest BCUT2D eigenvalue weighted by Gasteiger charge is 2.57. The molecule has 4 fully saturated rings. The molecule has 9 unspecified atom stereocenters. The fraction of sp³-hybridized carbons (Fsp3) is 0.947. The Balaban J connectivity index is 1.39. The van der Waals surface area contributed by atoms with E-state index in [-0.39, 0.29) is 34.5 Å². The minimum absolute atomic E-state index is 0.0275. The molecule has 0 radical (unpaired) electrons. The van der Waals surface area contributed by atoms with Crippen molar-refractivity contribution in [1.82, 2.24) is 5.32 Å². The van der Waals surface area contributed by atoms with Crippen LogP contribution in [0.2, 0.25) is 0 Å². The third kappa shape index (κ3) is 7.73. The van der Waals surface area contributed by atoms with E-state index in [4.69, 9.17) is 15.2 Å². The van der Waals surface area contributed by atoms with E-state index in [1.165, 1.54) is 57.8 Å². The van der Waals surface area contributed by atoms with Crippen LogP contribution in [0.5, 0.6) is 0 Å². The Hall–Kier alpha value is -1.46. The van der Waals surface area contributed by atoms with Gasteiger partial charge >= 0.3 is 12.2 Å². The van der Waals surface area contributed by atoms with Crippen LogP contribution in [0.25, 0.3) is 0 Å². The number of unbranched alkanes of at least 4 members (excludes halogenated alkanes) is 3. The van der Waals surface area contributed by atoms with Gasteiger partial charge in [-0.15, -0.1) is 0 Å². The number of primary amides is 1. The third-order valence-electron chi connectivity index (χ3n) is 13.9. The summed E-state index contributed by atoms with van der Waals surface area (Å²) in [6.07, 6.45) is 17.2. The molecule has 0 heterocycles. The Kier molecular flexibility index (Phi) is 11.4. The monoisotopic (exact) mass is 617 g/mol. The number of carbonyl (C=O) groups excluding carboxylic acids is 2. The molecule has 2 amide bonds. The van der Waals surface area contributed by atoms with E-state index in [0.29, 0.717) is 17.9 Å². The van der Waals surface area contributed by atoms with E-state index >= 15 is 0 Å². The van der Waals surface area contributed by atoms with Crippen LogP contribution in [0.4, 0.5) is 9.59 Å². The van der Waals surface area contributed by atoms with Gasteiger partial charge in [0.1, 0.15) is 6.10 Å². The SMILES string of the molecule is CCCCCCC(OC(N)=O)C1(C)CCC(C)(C)C(NC(=O)OCC2(C)CCCC3(C)C4CCC(C(C)C)CC4CCC23)C1. The second kappa shape index (κ2) is 14.1. The average Bonchev–Trinajstić information content (AvgIpc) is 2.95. The summed E-state index contributed by atoms with van der Waals surface area (Å²) in [5.74, 6) is 4.00. The number of hydrogen-bond acceptors (Lipinski definition) is 4. The third-order valence-corrected chi connectivity index (χ3v) is 13.9. The molecule has 3 N–H and O–H groups in total. The molecular formula is C38H68N2O4. The highest BCUT2D eigenvalue weighted by molar-refractivity contribution is 5.68. The zero-order chi connectivity index (χ0) is 32.3. The Morgan fingerprint density at radius 3 is 2.36 bits per heavy atom. The van der Waals surface area contributed by atoms with Crippen LogP contribution in [-0.2, 0) is 9.47 Å². The van der Waals surface area contributed by atoms with Gasteiger partial charge in [-0.2, -0.15) is 0 Å². The predicted molar refractivity (Wildman–Crippen MR) is 179 cm³/mol. The van der Waals surface area contributed by atoms with Crippen LogP contribution in [-0.4, -0.2) is 30.9 Å². The van der Waals surface area contributed by atoms with Crippen molar-refractivity contribution in [3.05, 3.63) is 0 Å². The van der Waals surface area contributed by atoms with Gasteiger partial charge in [0.15, 0.2) is 0 Å². The maximum Gasteiger partial charge on any atom is 0.407 e. The van der Waals surface area contributed by atoms with Crippen molar-refractivity contribution in [2.45, 2.75) is 170 Å². The molecule has 6 nitrogen and oxygen atoms in total. The summed E-state index contributed by atoms with van der Waals surface area (Å²) in [5.41, 5.74) is 5.62. The number of ether oxygens (including phenoxy) is 2. The van der Waals surface area contributed by atoms with Gasteiger partial charge in [-0.25, -0.2) is 9.59 Å². The van der Waals surface area contributed by atoms with Crippen molar-refractivity contribution in [2.24, 2.45) is 57.0 Å². The van der Waals surface area contributed by atoms with Crippen molar-refractivity contribution < 1.29 is 19.1 Å². The molecule has 0 aromatic rings. The van der Waals surface area contributed by atoms with E-state index in [9.17, 15) is 9.59 Å². The lowest BCUT2D eigenvalue weighted by atomic mass is 9.44. The number of carbonyl (C=O) groups is 2. The second-order valence-electron chi connectivity index (χ2n) is 17.7. The van der Waals surface area contributed by atoms with Gasteiger partial charge in [-0.1, -0.05) is 81.1 Å². The summed E-state index contributed by atoms with van der Waals surface area (Å²) in [4.78, 5) is 25.4. The van der Waals surface area contributed by atoms with Gasteiger partial charge in [-0.05, 0) is 117 Å². The molecule has 4 aliphatic rings. The molecule has 0 aliphatic heterocycles. The Morgan fingerprint density at radius 2 is 1.68 bits per heavy atom. The molecule has 4 saturated carbocycles. The normalized spacial score (nSPS) is 39.1. The Morgan fingerprint density at radius 1 is 0.932 bits per heavy atom. The molecule has 0 saturated heterocycles. The molecule has 6 heteroatoms. The molecule has 0 bridgehead atoms. The van der Waals surface area contributed by atoms with Crippen LogP contribution in [0.3, 0.4) is 0 Å². The smallest absolute Gasteiger partial charge is 0.407 e. The molecule has 0 aromatic heterocycles. The Labute approximate surface area is 270 Å². The maximum atomic E-state index is 13.5. The van der Waals surface area contributed by atoms with Gasteiger partial charge in [0, 0.05) is 16.9 Å². The van der Waals surface area contributed by atoms with Crippen molar-refractivity contribution in [3.8, 4) is 0 Å². The van der Waals surface area contributed by atoms with Crippen LogP contribution in [0.15, 0.2) is 0 Å². The first kappa shape index (κ1) is 35.4. The summed E-state index contributed by atoms with van der Waals surface area (Å²) >= 11 is 0. The molecule has 4 rings (SSSR count).